The number of fused-ring (bicyclic) bond motifs is 9. The number of unbranched alkanes of at least 4 members (excludes halogenated alkanes) is 3. The largest absolute Gasteiger partial charge is 0.493 e. The van der Waals surface area contributed by atoms with Crippen LogP contribution in [0.4, 0.5) is 0 Å². The fourth-order valence-corrected chi connectivity index (χ4v) is 8.01. The first kappa shape index (κ1) is 32.7. The fraction of sp³-hybridized carbons (Fsp3) is 0.308. The van der Waals surface area contributed by atoms with Crippen LogP contribution in [0.15, 0.2) is 78.1 Å². The maximum absolute atomic E-state index is 14.7. The Bertz CT molecular complexity index is 2170. The second kappa shape index (κ2) is 13.6. The molecule has 0 bridgehead atoms. The van der Waals surface area contributed by atoms with Gasteiger partial charge in [0.05, 0.1) is 24.9 Å². The van der Waals surface area contributed by atoms with E-state index in [4.69, 9.17) is 9.47 Å². The number of carbonyl (C=O) groups excluding carboxylic acids is 3. The lowest BCUT2D eigenvalue weighted by Gasteiger charge is -2.35. The van der Waals surface area contributed by atoms with E-state index in [2.05, 4.69) is 5.32 Å². The standard InChI is InChI=1S/C39H37NO8S/c41-18-8-1-2-9-19-47-30-17-10-16-27-34(30)37-33-26-15-7-6-14-25(26)31(48-20-11-21-49(44,45)46)22-28(33)29-23-40-39(43)35(29)36(37)32(38(27)42)24-12-4-3-5-13-24/h3-7,12-15,17-18,22,32H,1-2,8-11,16,19-21,23H2,(H,40,43)(H,44,45,46). The van der Waals surface area contributed by atoms with E-state index in [1.165, 1.54) is 0 Å². The molecule has 4 aromatic carbocycles. The molecule has 9 nitrogen and oxygen atoms in total. The van der Waals surface area contributed by atoms with E-state index in [1.807, 2.05) is 66.7 Å². The van der Waals surface area contributed by atoms with E-state index in [0.717, 1.165) is 69.4 Å². The van der Waals surface area contributed by atoms with E-state index in [1.54, 1.807) is 0 Å². The maximum atomic E-state index is 14.7. The van der Waals surface area contributed by atoms with Gasteiger partial charge < -0.3 is 19.6 Å². The summed E-state index contributed by atoms with van der Waals surface area (Å²) in [4.78, 5) is 39.3. The van der Waals surface area contributed by atoms with E-state index < -0.39 is 21.8 Å². The van der Waals surface area contributed by atoms with Gasteiger partial charge in [-0.2, -0.15) is 8.42 Å². The van der Waals surface area contributed by atoms with Crippen molar-refractivity contribution in [3.63, 3.8) is 0 Å². The van der Waals surface area contributed by atoms with E-state index >= 15 is 0 Å². The minimum absolute atomic E-state index is 0.0294. The molecule has 2 N–H and O–H groups in total. The second-order valence-corrected chi connectivity index (χ2v) is 14.3. The SMILES string of the molecule is O=CCCCCCOC1=CCCC2=C1c1c(c3c(c4cc(OCCCS(=O)(=O)O)c5ccccc5c14)CNC3=O)C(c1ccccc1)C2=O. The highest BCUT2D eigenvalue weighted by atomic mass is 32.2. The number of ketones is 1. The molecular weight excluding hydrogens is 642 g/mol. The van der Waals surface area contributed by atoms with Crippen LogP contribution in [0.25, 0.3) is 27.1 Å². The predicted octanol–water partition coefficient (Wildman–Crippen LogP) is 6.81. The summed E-state index contributed by atoms with van der Waals surface area (Å²) in [6.07, 6.45) is 7.16. The molecule has 1 unspecified atom stereocenters. The van der Waals surface area contributed by atoms with Gasteiger partial charge in [0.15, 0.2) is 5.78 Å². The molecule has 1 atom stereocenters. The van der Waals surface area contributed by atoms with Gasteiger partial charge >= 0.3 is 0 Å². The van der Waals surface area contributed by atoms with Crippen molar-refractivity contribution in [2.45, 2.75) is 57.4 Å². The lowest BCUT2D eigenvalue weighted by molar-refractivity contribution is -0.116. The first-order valence-electron chi connectivity index (χ1n) is 16.8. The van der Waals surface area contributed by atoms with Crippen LogP contribution in [0.2, 0.25) is 0 Å². The van der Waals surface area contributed by atoms with Crippen molar-refractivity contribution in [1.82, 2.24) is 5.32 Å². The second-order valence-electron chi connectivity index (χ2n) is 12.7. The van der Waals surface area contributed by atoms with Gasteiger partial charge in [0.1, 0.15) is 17.8 Å². The van der Waals surface area contributed by atoms with Crippen molar-refractivity contribution in [3.05, 3.63) is 106 Å². The van der Waals surface area contributed by atoms with Gasteiger partial charge in [-0.3, -0.25) is 14.1 Å². The van der Waals surface area contributed by atoms with Crippen molar-refractivity contribution in [2.75, 3.05) is 19.0 Å². The quantitative estimate of drug-likeness (QED) is 0.0681. The summed E-state index contributed by atoms with van der Waals surface area (Å²) in [5.41, 5.74) is 5.00. The number of rotatable bonds is 13. The Morgan fingerprint density at radius 2 is 1.63 bits per heavy atom. The molecule has 0 spiro atoms. The topological polar surface area (TPSA) is 136 Å². The van der Waals surface area contributed by atoms with Gasteiger partial charge in [0, 0.05) is 35.1 Å². The third kappa shape index (κ3) is 6.15. The third-order valence-corrected chi connectivity index (χ3v) is 10.4. The Morgan fingerprint density at radius 3 is 2.41 bits per heavy atom. The predicted molar refractivity (Wildman–Crippen MR) is 187 cm³/mol. The molecule has 0 radical (unpaired) electrons. The summed E-state index contributed by atoms with van der Waals surface area (Å²) in [5.74, 6) is -0.212. The Hall–Kier alpha value is -4.80. The summed E-state index contributed by atoms with van der Waals surface area (Å²) in [5, 5.41) is 6.40. The minimum atomic E-state index is -4.13. The number of hydrogen-bond donors (Lipinski definition) is 2. The maximum Gasteiger partial charge on any atom is 0.264 e. The third-order valence-electron chi connectivity index (χ3n) is 9.61. The average molecular weight is 680 g/mol. The summed E-state index contributed by atoms with van der Waals surface area (Å²) in [6.45, 7) is 0.770. The van der Waals surface area contributed by atoms with Crippen LogP contribution in [0.3, 0.4) is 0 Å². The monoisotopic (exact) mass is 679 g/mol. The van der Waals surface area contributed by atoms with Crippen molar-refractivity contribution < 1.29 is 36.8 Å². The zero-order valence-corrected chi connectivity index (χ0v) is 27.8. The van der Waals surface area contributed by atoms with Crippen LogP contribution < -0.4 is 10.1 Å². The van der Waals surface area contributed by atoms with E-state index in [0.29, 0.717) is 54.1 Å². The molecule has 1 aliphatic heterocycles. The van der Waals surface area contributed by atoms with Crippen LogP contribution in [-0.2, 0) is 31.0 Å². The molecule has 1 heterocycles. The number of allylic oxidation sites excluding steroid dienone is 3. The molecule has 7 rings (SSSR count). The van der Waals surface area contributed by atoms with Crippen LogP contribution in [-0.4, -0.2) is 49.9 Å². The van der Waals surface area contributed by atoms with Crippen LogP contribution in [0.1, 0.15) is 83.5 Å². The van der Waals surface area contributed by atoms with Crippen LogP contribution in [0, 0.1) is 0 Å². The summed E-state index contributed by atoms with van der Waals surface area (Å²) < 4.78 is 44.6. The smallest absolute Gasteiger partial charge is 0.264 e. The lowest BCUT2D eigenvalue weighted by Crippen LogP contribution is -2.28. The summed E-state index contributed by atoms with van der Waals surface area (Å²) >= 11 is 0. The zero-order chi connectivity index (χ0) is 34.1. The lowest BCUT2D eigenvalue weighted by atomic mass is 9.68. The van der Waals surface area contributed by atoms with Crippen molar-refractivity contribution in [1.29, 1.82) is 0 Å². The van der Waals surface area contributed by atoms with Crippen LogP contribution >= 0.6 is 0 Å². The average Bonchev–Trinajstić information content (AvgIpc) is 3.49. The Labute approximate surface area is 284 Å². The van der Waals surface area contributed by atoms with Gasteiger partial charge in [0.25, 0.3) is 16.0 Å². The number of nitrogens with one attached hydrogen (secondary N) is 1. The van der Waals surface area contributed by atoms with E-state index in [9.17, 15) is 27.4 Å². The number of ether oxygens (including phenoxy) is 2. The molecule has 49 heavy (non-hydrogen) atoms. The minimum Gasteiger partial charge on any atom is -0.493 e. The number of hydrogen-bond acceptors (Lipinski definition) is 7. The molecule has 0 fully saturated rings. The fourth-order valence-electron chi connectivity index (χ4n) is 7.53. The van der Waals surface area contributed by atoms with E-state index in [-0.39, 0.29) is 31.3 Å². The molecule has 0 aromatic heterocycles. The van der Waals surface area contributed by atoms with Crippen molar-refractivity contribution >= 4 is 55.2 Å². The molecule has 0 saturated carbocycles. The molecule has 10 heteroatoms. The molecule has 3 aliphatic rings. The number of benzene rings is 4. The molecule has 1 amide bonds. The van der Waals surface area contributed by atoms with Crippen LogP contribution in [0.5, 0.6) is 5.75 Å². The van der Waals surface area contributed by atoms with Gasteiger partial charge in [0.2, 0.25) is 0 Å². The highest BCUT2D eigenvalue weighted by molar-refractivity contribution is 7.85. The number of Topliss-reactive ketones (excluding diaryl/α,β-unsaturated/α-hetero) is 1. The zero-order valence-electron chi connectivity index (χ0n) is 27.0. The van der Waals surface area contributed by atoms with Gasteiger partial charge in [-0.25, -0.2) is 0 Å². The highest BCUT2D eigenvalue weighted by Gasteiger charge is 2.44. The summed E-state index contributed by atoms with van der Waals surface area (Å²) in [7, 11) is -4.13. The number of amides is 1. The molecule has 4 aromatic rings. The molecule has 252 valence electrons. The first-order valence-corrected chi connectivity index (χ1v) is 18.4. The first-order chi connectivity index (χ1) is 23.8. The van der Waals surface area contributed by atoms with Crippen molar-refractivity contribution in [3.8, 4) is 5.75 Å². The molecule has 0 saturated heterocycles. The normalized spacial score (nSPS) is 17.0. The molecule has 2 aliphatic carbocycles. The number of aldehydes is 1. The van der Waals surface area contributed by atoms with Gasteiger partial charge in [-0.1, -0.05) is 54.6 Å². The highest BCUT2D eigenvalue weighted by Crippen LogP contribution is 2.53. The Kier molecular flexibility index (Phi) is 9.09. The van der Waals surface area contributed by atoms with Crippen molar-refractivity contribution in [2.24, 2.45) is 0 Å². The number of carbonyl (C=O) groups is 3. The van der Waals surface area contributed by atoms with Gasteiger partial charge in [-0.15, -0.1) is 0 Å². The van der Waals surface area contributed by atoms with Gasteiger partial charge in [-0.05, 0) is 89.1 Å². The summed E-state index contributed by atoms with van der Waals surface area (Å²) in [6, 6.07) is 19.3. The Morgan fingerprint density at radius 1 is 0.878 bits per heavy atom. The molecular formula is C39H37NO8S. The Balaban J connectivity index is 1.47.